The van der Waals surface area contributed by atoms with E-state index in [0.717, 1.165) is 19.0 Å². The quantitative estimate of drug-likeness (QED) is 0.812. The summed E-state index contributed by atoms with van der Waals surface area (Å²) in [5.74, 6) is 0.728. The van der Waals surface area contributed by atoms with Crippen LogP contribution in [0.3, 0.4) is 0 Å². The second kappa shape index (κ2) is 7.68. The van der Waals surface area contributed by atoms with E-state index in [-0.39, 0.29) is 0 Å². The van der Waals surface area contributed by atoms with E-state index in [9.17, 15) is 0 Å². The largest absolute Gasteiger partial charge is 0.367 e. The Morgan fingerprint density at radius 2 is 2.00 bits per heavy atom. The average Bonchev–Trinajstić information content (AvgIpc) is 2.45. The number of fused-ring (bicyclic) bond motifs is 1. The van der Waals surface area contributed by atoms with Crippen molar-refractivity contribution in [2.24, 2.45) is 5.92 Å². The standard InChI is InChI=1S/C18H30N2/c1-4-8-17(14-19-13-15(2)3)20-12-7-10-16-9-5-6-11-18(16)20/h5-6,9,11,15,17,19H,4,7-8,10,12-14H2,1-3H3. The number of nitrogens with one attached hydrogen (secondary N) is 1. The molecular formula is C18H30N2. The topological polar surface area (TPSA) is 15.3 Å². The van der Waals surface area contributed by atoms with Gasteiger partial charge in [-0.05, 0) is 43.4 Å². The van der Waals surface area contributed by atoms with Gasteiger partial charge in [0.05, 0.1) is 0 Å². The number of hydrogen-bond acceptors (Lipinski definition) is 2. The van der Waals surface area contributed by atoms with Gasteiger partial charge in [0.1, 0.15) is 0 Å². The Hall–Kier alpha value is -1.02. The minimum Gasteiger partial charge on any atom is -0.367 e. The molecule has 1 unspecified atom stereocenters. The molecule has 0 aliphatic carbocycles. The monoisotopic (exact) mass is 274 g/mol. The molecule has 1 heterocycles. The second-order valence-corrected chi connectivity index (χ2v) is 6.42. The van der Waals surface area contributed by atoms with Gasteiger partial charge in [-0.3, -0.25) is 0 Å². The second-order valence-electron chi connectivity index (χ2n) is 6.42. The van der Waals surface area contributed by atoms with Gasteiger partial charge in [-0.15, -0.1) is 0 Å². The van der Waals surface area contributed by atoms with Crippen LogP contribution in [0.5, 0.6) is 0 Å². The summed E-state index contributed by atoms with van der Waals surface area (Å²) in [5.41, 5.74) is 3.01. The molecule has 0 aromatic heterocycles. The lowest BCUT2D eigenvalue weighted by Gasteiger charge is -2.38. The van der Waals surface area contributed by atoms with E-state index >= 15 is 0 Å². The lowest BCUT2D eigenvalue weighted by atomic mass is 9.98. The molecular weight excluding hydrogens is 244 g/mol. The molecule has 0 spiro atoms. The lowest BCUT2D eigenvalue weighted by Crippen LogP contribution is -2.45. The number of rotatable bonds is 7. The van der Waals surface area contributed by atoms with E-state index in [4.69, 9.17) is 0 Å². The van der Waals surface area contributed by atoms with E-state index in [1.807, 2.05) is 0 Å². The van der Waals surface area contributed by atoms with E-state index in [2.05, 4.69) is 55.3 Å². The van der Waals surface area contributed by atoms with Crippen LogP contribution in [-0.2, 0) is 6.42 Å². The van der Waals surface area contributed by atoms with Crippen LogP contribution in [0.25, 0.3) is 0 Å². The van der Waals surface area contributed by atoms with E-state index in [0.29, 0.717) is 6.04 Å². The number of para-hydroxylation sites is 1. The Labute approximate surface area is 124 Å². The highest BCUT2D eigenvalue weighted by molar-refractivity contribution is 5.56. The first kappa shape index (κ1) is 15.4. The summed E-state index contributed by atoms with van der Waals surface area (Å²) in [6.45, 7) is 10.3. The van der Waals surface area contributed by atoms with Crippen LogP contribution in [0.1, 0.15) is 45.6 Å². The van der Waals surface area contributed by atoms with Crippen molar-refractivity contribution in [3.63, 3.8) is 0 Å². The van der Waals surface area contributed by atoms with Crippen LogP contribution in [0, 0.1) is 5.92 Å². The van der Waals surface area contributed by atoms with Crippen molar-refractivity contribution in [3.8, 4) is 0 Å². The summed E-state index contributed by atoms with van der Waals surface area (Å²) in [5, 5.41) is 3.66. The van der Waals surface area contributed by atoms with Crippen LogP contribution < -0.4 is 10.2 Å². The fraction of sp³-hybridized carbons (Fsp3) is 0.667. The van der Waals surface area contributed by atoms with E-state index in [1.165, 1.54) is 43.5 Å². The van der Waals surface area contributed by atoms with Crippen molar-refractivity contribution in [2.45, 2.75) is 52.5 Å². The number of aryl methyl sites for hydroxylation is 1. The van der Waals surface area contributed by atoms with Crippen molar-refractivity contribution in [3.05, 3.63) is 29.8 Å². The molecule has 112 valence electrons. The van der Waals surface area contributed by atoms with E-state index < -0.39 is 0 Å². The van der Waals surface area contributed by atoms with Gasteiger partial charge in [-0.2, -0.15) is 0 Å². The summed E-state index contributed by atoms with van der Waals surface area (Å²) < 4.78 is 0. The molecule has 1 atom stereocenters. The summed E-state index contributed by atoms with van der Waals surface area (Å²) in [6.07, 6.45) is 5.07. The van der Waals surface area contributed by atoms with Crippen LogP contribution in [0.4, 0.5) is 5.69 Å². The maximum absolute atomic E-state index is 3.66. The molecule has 1 aromatic rings. The average molecular weight is 274 g/mol. The molecule has 0 saturated heterocycles. The van der Waals surface area contributed by atoms with Crippen LogP contribution in [0.2, 0.25) is 0 Å². The number of anilines is 1. The maximum Gasteiger partial charge on any atom is 0.0414 e. The number of hydrogen-bond donors (Lipinski definition) is 1. The van der Waals surface area contributed by atoms with Crippen molar-refractivity contribution in [1.29, 1.82) is 0 Å². The Morgan fingerprint density at radius 3 is 2.75 bits per heavy atom. The third-order valence-electron chi connectivity index (χ3n) is 4.14. The Balaban J connectivity index is 2.05. The molecule has 1 aliphatic rings. The predicted octanol–water partition coefficient (Wildman–Crippen LogP) is 3.85. The number of benzene rings is 1. The molecule has 1 N–H and O–H groups in total. The molecule has 0 fully saturated rings. The van der Waals surface area contributed by atoms with Crippen LogP contribution in [0.15, 0.2) is 24.3 Å². The van der Waals surface area contributed by atoms with Crippen LogP contribution in [-0.4, -0.2) is 25.7 Å². The fourth-order valence-electron chi connectivity index (χ4n) is 3.18. The van der Waals surface area contributed by atoms with Gasteiger partial charge in [-0.25, -0.2) is 0 Å². The van der Waals surface area contributed by atoms with Gasteiger partial charge in [0, 0.05) is 24.8 Å². The van der Waals surface area contributed by atoms with Crippen molar-refractivity contribution >= 4 is 5.69 Å². The summed E-state index contributed by atoms with van der Waals surface area (Å²) >= 11 is 0. The van der Waals surface area contributed by atoms with E-state index in [1.54, 1.807) is 0 Å². The normalized spacial score (nSPS) is 16.3. The molecule has 2 nitrogen and oxygen atoms in total. The smallest absolute Gasteiger partial charge is 0.0414 e. The molecule has 2 heteroatoms. The summed E-state index contributed by atoms with van der Waals surface area (Å²) in [4.78, 5) is 2.65. The third kappa shape index (κ3) is 3.99. The van der Waals surface area contributed by atoms with Gasteiger partial charge < -0.3 is 10.2 Å². The Bertz CT molecular complexity index is 400. The zero-order valence-electron chi connectivity index (χ0n) is 13.4. The maximum atomic E-state index is 3.66. The summed E-state index contributed by atoms with van der Waals surface area (Å²) in [7, 11) is 0. The van der Waals surface area contributed by atoms with Gasteiger partial charge in [0.2, 0.25) is 0 Å². The van der Waals surface area contributed by atoms with Crippen LogP contribution >= 0.6 is 0 Å². The molecule has 2 rings (SSSR count). The van der Waals surface area contributed by atoms with Gasteiger partial charge in [-0.1, -0.05) is 45.4 Å². The lowest BCUT2D eigenvalue weighted by molar-refractivity contribution is 0.461. The molecule has 0 radical (unpaired) electrons. The molecule has 0 amide bonds. The predicted molar refractivity (Wildman–Crippen MR) is 88.5 cm³/mol. The van der Waals surface area contributed by atoms with Crippen molar-refractivity contribution in [2.75, 3.05) is 24.5 Å². The first-order chi connectivity index (χ1) is 9.72. The minimum atomic E-state index is 0.639. The first-order valence-electron chi connectivity index (χ1n) is 8.27. The Kier molecular flexibility index (Phi) is 5.90. The van der Waals surface area contributed by atoms with Crippen molar-refractivity contribution in [1.82, 2.24) is 5.32 Å². The van der Waals surface area contributed by atoms with Gasteiger partial charge in [0.25, 0.3) is 0 Å². The zero-order valence-corrected chi connectivity index (χ0v) is 13.4. The third-order valence-corrected chi connectivity index (χ3v) is 4.14. The van der Waals surface area contributed by atoms with Gasteiger partial charge in [0.15, 0.2) is 0 Å². The highest BCUT2D eigenvalue weighted by Gasteiger charge is 2.23. The summed E-state index contributed by atoms with van der Waals surface area (Å²) in [6, 6.07) is 9.60. The SMILES string of the molecule is CCCC(CNCC(C)C)N1CCCc2ccccc21. The Morgan fingerprint density at radius 1 is 1.20 bits per heavy atom. The zero-order chi connectivity index (χ0) is 14.4. The molecule has 0 saturated carbocycles. The first-order valence-corrected chi connectivity index (χ1v) is 8.27. The highest BCUT2D eigenvalue weighted by atomic mass is 15.2. The molecule has 1 aromatic carbocycles. The molecule has 20 heavy (non-hydrogen) atoms. The minimum absolute atomic E-state index is 0.639. The van der Waals surface area contributed by atoms with Crippen molar-refractivity contribution < 1.29 is 0 Å². The molecule has 1 aliphatic heterocycles. The van der Waals surface area contributed by atoms with Gasteiger partial charge >= 0.3 is 0 Å². The fourth-order valence-corrected chi connectivity index (χ4v) is 3.18. The highest BCUT2D eigenvalue weighted by Crippen LogP contribution is 2.29. The number of nitrogens with zero attached hydrogens (tertiary/aromatic N) is 1. The molecule has 0 bridgehead atoms.